The Morgan fingerprint density at radius 1 is 1.17 bits per heavy atom. The molecule has 0 spiro atoms. The molecule has 0 atom stereocenters. The zero-order chi connectivity index (χ0) is 16.2. The van der Waals surface area contributed by atoms with Crippen LogP contribution in [0.5, 0.6) is 0 Å². The van der Waals surface area contributed by atoms with E-state index in [9.17, 15) is 0 Å². The average Bonchev–Trinajstić information content (AvgIpc) is 3.01. The molecule has 4 N–H and O–H groups in total. The van der Waals surface area contributed by atoms with E-state index in [0.717, 1.165) is 22.5 Å². The fourth-order valence-electron chi connectivity index (χ4n) is 2.32. The van der Waals surface area contributed by atoms with Crippen LogP contribution in [-0.2, 0) is 6.54 Å². The molecule has 5 heteroatoms. The van der Waals surface area contributed by atoms with E-state index in [1.54, 1.807) is 6.33 Å². The van der Waals surface area contributed by atoms with Crippen LogP contribution < -0.4 is 11.5 Å². The topological polar surface area (TPSA) is 82.2 Å². The molecule has 116 valence electrons. The largest absolute Gasteiger partial charge is 0.398 e. The van der Waals surface area contributed by atoms with Crippen LogP contribution in [0, 0.1) is 6.92 Å². The molecular weight excluding hydrogens is 286 g/mol. The third-order valence-corrected chi connectivity index (χ3v) is 3.63. The second kappa shape index (κ2) is 6.36. The van der Waals surface area contributed by atoms with E-state index >= 15 is 0 Å². The number of hydrogen-bond acceptors (Lipinski definition) is 3. The molecule has 0 aliphatic heterocycles. The van der Waals surface area contributed by atoms with Crippen LogP contribution in [0.1, 0.15) is 16.8 Å². The van der Waals surface area contributed by atoms with E-state index in [0.29, 0.717) is 18.1 Å². The van der Waals surface area contributed by atoms with Crippen molar-refractivity contribution in [1.82, 2.24) is 9.55 Å². The smallest absolute Gasteiger partial charge is 0.125 e. The molecule has 2 aromatic carbocycles. The van der Waals surface area contributed by atoms with E-state index in [4.69, 9.17) is 11.5 Å². The molecule has 0 aliphatic rings. The van der Waals surface area contributed by atoms with E-state index in [1.165, 1.54) is 0 Å². The molecule has 1 heterocycles. The van der Waals surface area contributed by atoms with Crippen molar-refractivity contribution < 1.29 is 0 Å². The molecule has 0 unspecified atom stereocenters. The number of nitrogens with two attached hydrogens (primary N) is 2. The van der Waals surface area contributed by atoms with E-state index < -0.39 is 0 Å². The van der Waals surface area contributed by atoms with Crippen LogP contribution >= 0.6 is 0 Å². The zero-order valence-electron chi connectivity index (χ0n) is 13.0. The third kappa shape index (κ3) is 3.40. The Bertz CT molecular complexity index is 834. The van der Waals surface area contributed by atoms with E-state index in [1.807, 2.05) is 66.2 Å². The quantitative estimate of drug-likeness (QED) is 0.441. The minimum absolute atomic E-state index is 0.439. The Morgan fingerprint density at radius 3 is 2.65 bits per heavy atom. The number of amidine groups is 1. The van der Waals surface area contributed by atoms with Gasteiger partial charge in [0.05, 0.1) is 18.6 Å². The van der Waals surface area contributed by atoms with Crippen molar-refractivity contribution in [3.05, 3.63) is 77.9 Å². The molecule has 0 saturated carbocycles. The average molecular weight is 305 g/mol. The van der Waals surface area contributed by atoms with Crippen LogP contribution in [0.15, 0.2) is 66.0 Å². The SMILES string of the molecule is Cc1cn(-c2ccc(N)c(CN=C(N)c3ccccc3)c2)cn1. The normalized spacial score (nSPS) is 11.6. The third-order valence-electron chi connectivity index (χ3n) is 3.63. The van der Waals surface area contributed by atoms with Crippen molar-refractivity contribution in [1.29, 1.82) is 0 Å². The highest BCUT2D eigenvalue weighted by Gasteiger charge is 2.04. The number of anilines is 1. The molecule has 5 nitrogen and oxygen atoms in total. The second-order valence-electron chi connectivity index (χ2n) is 5.37. The van der Waals surface area contributed by atoms with Gasteiger partial charge < -0.3 is 16.0 Å². The summed E-state index contributed by atoms with van der Waals surface area (Å²) >= 11 is 0. The fraction of sp³-hybridized carbons (Fsp3) is 0.111. The predicted octanol–water partition coefficient (Wildman–Crippen LogP) is 2.67. The van der Waals surface area contributed by atoms with Gasteiger partial charge in [-0.25, -0.2) is 4.98 Å². The number of benzene rings is 2. The molecule has 23 heavy (non-hydrogen) atoms. The predicted molar refractivity (Wildman–Crippen MR) is 93.6 cm³/mol. The summed E-state index contributed by atoms with van der Waals surface area (Å²) in [5.74, 6) is 0.508. The van der Waals surface area contributed by atoms with Gasteiger partial charge in [-0.05, 0) is 30.7 Å². The summed E-state index contributed by atoms with van der Waals surface area (Å²) in [6.07, 6.45) is 3.75. The molecule has 0 aliphatic carbocycles. The van der Waals surface area contributed by atoms with Crippen molar-refractivity contribution in [3.8, 4) is 5.69 Å². The maximum Gasteiger partial charge on any atom is 0.125 e. The number of nitrogens with zero attached hydrogens (tertiary/aromatic N) is 3. The van der Waals surface area contributed by atoms with Gasteiger partial charge in [0.25, 0.3) is 0 Å². The van der Waals surface area contributed by atoms with Gasteiger partial charge in [0, 0.05) is 23.1 Å². The molecule has 1 aromatic heterocycles. The molecule has 0 radical (unpaired) electrons. The van der Waals surface area contributed by atoms with Gasteiger partial charge in [0.15, 0.2) is 0 Å². The first-order valence-electron chi connectivity index (χ1n) is 7.38. The number of aromatic nitrogens is 2. The van der Waals surface area contributed by atoms with Crippen molar-refractivity contribution in [2.24, 2.45) is 10.7 Å². The molecule has 0 fully saturated rings. The highest BCUT2D eigenvalue weighted by Crippen LogP contribution is 2.18. The van der Waals surface area contributed by atoms with Crippen LogP contribution in [0.2, 0.25) is 0 Å². The van der Waals surface area contributed by atoms with Crippen molar-refractivity contribution in [2.75, 3.05) is 5.73 Å². The maximum absolute atomic E-state index is 6.06. The number of aryl methyl sites for hydroxylation is 1. The van der Waals surface area contributed by atoms with Gasteiger partial charge in [-0.15, -0.1) is 0 Å². The first-order chi connectivity index (χ1) is 11.1. The summed E-state index contributed by atoms with van der Waals surface area (Å²) in [5, 5.41) is 0. The summed E-state index contributed by atoms with van der Waals surface area (Å²) in [7, 11) is 0. The summed E-state index contributed by atoms with van der Waals surface area (Å²) in [6, 6.07) is 15.6. The lowest BCUT2D eigenvalue weighted by molar-refractivity contribution is 1.02. The maximum atomic E-state index is 6.06. The van der Waals surface area contributed by atoms with Crippen molar-refractivity contribution in [2.45, 2.75) is 13.5 Å². The Balaban J connectivity index is 1.85. The number of hydrogen-bond donors (Lipinski definition) is 2. The fourth-order valence-corrected chi connectivity index (χ4v) is 2.32. The molecule has 3 aromatic rings. The van der Waals surface area contributed by atoms with E-state index in [2.05, 4.69) is 9.98 Å². The monoisotopic (exact) mass is 305 g/mol. The first-order valence-corrected chi connectivity index (χ1v) is 7.38. The highest BCUT2D eigenvalue weighted by atomic mass is 15.0. The van der Waals surface area contributed by atoms with Crippen LogP contribution in [-0.4, -0.2) is 15.4 Å². The van der Waals surface area contributed by atoms with Crippen molar-refractivity contribution >= 4 is 11.5 Å². The lowest BCUT2D eigenvalue weighted by atomic mass is 10.1. The first kappa shape index (κ1) is 14.8. The summed E-state index contributed by atoms with van der Waals surface area (Å²) in [4.78, 5) is 8.70. The van der Waals surface area contributed by atoms with Gasteiger partial charge in [-0.3, -0.25) is 4.99 Å². The highest BCUT2D eigenvalue weighted by molar-refractivity contribution is 5.97. The summed E-state index contributed by atoms with van der Waals surface area (Å²) in [6.45, 7) is 2.40. The van der Waals surface area contributed by atoms with Gasteiger partial charge in [-0.2, -0.15) is 0 Å². The van der Waals surface area contributed by atoms with Crippen LogP contribution in [0.3, 0.4) is 0 Å². The summed E-state index contributed by atoms with van der Waals surface area (Å²) in [5.41, 5.74) is 16.6. The lowest BCUT2D eigenvalue weighted by Gasteiger charge is -2.08. The van der Waals surface area contributed by atoms with Gasteiger partial charge >= 0.3 is 0 Å². The molecule has 0 bridgehead atoms. The standard InChI is InChI=1S/C18H19N5/c1-13-11-23(12-22-13)16-7-8-17(19)15(9-16)10-21-18(20)14-5-3-2-4-6-14/h2-9,11-12H,10,19H2,1H3,(H2,20,21). The number of aliphatic imine (C=N–C) groups is 1. The Morgan fingerprint density at radius 2 is 1.96 bits per heavy atom. The Labute approximate surface area is 135 Å². The lowest BCUT2D eigenvalue weighted by Crippen LogP contribution is -2.13. The number of imidazole rings is 1. The van der Waals surface area contributed by atoms with Gasteiger partial charge in [-0.1, -0.05) is 30.3 Å². The van der Waals surface area contributed by atoms with Crippen molar-refractivity contribution in [3.63, 3.8) is 0 Å². The second-order valence-corrected chi connectivity index (χ2v) is 5.37. The molecular formula is C18H19N5. The van der Waals surface area contributed by atoms with Crippen LogP contribution in [0.4, 0.5) is 5.69 Å². The number of nitrogen functional groups attached to an aromatic ring is 1. The van der Waals surface area contributed by atoms with Gasteiger partial charge in [0.2, 0.25) is 0 Å². The Hall–Kier alpha value is -3.08. The number of rotatable bonds is 4. The van der Waals surface area contributed by atoms with Gasteiger partial charge in [0.1, 0.15) is 5.84 Å². The summed E-state index contributed by atoms with van der Waals surface area (Å²) < 4.78 is 1.96. The molecule has 3 rings (SSSR count). The minimum Gasteiger partial charge on any atom is -0.398 e. The van der Waals surface area contributed by atoms with Crippen LogP contribution in [0.25, 0.3) is 5.69 Å². The molecule has 0 saturated heterocycles. The van der Waals surface area contributed by atoms with E-state index in [-0.39, 0.29) is 0 Å². The minimum atomic E-state index is 0.439. The zero-order valence-corrected chi connectivity index (χ0v) is 13.0. The Kier molecular flexibility index (Phi) is 4.10. The molecule has 0 amide bonds.